The van der Waals surface area contributed by atoms with Gasteiger partial charge in [-0.2, -0.15) is 0 Å². The first-order valence-corrected chi connectivity index (χ1v) is 8.65. The Morgan fingerprint density at radius 3 is 2.70 bits per heavy atom. The number of hydrogen-bond donors (Lipinski definition) is 1. The Balaban J connectivity index is 2.02. The zero-order chi connectivity index (χ0) is 14.5. The highest BCUT2D eigenvalue weighted by Crippen LogP contribution is 2.56. The maximum atomic E-state index is 12.4. The molecule has 20 heavy (non-hydrogen) atoms. The van der Waals surface area contributed by atoms with Gasteiger partial charge in [-0.1, -0.05) is 34.2 Å². The summed E-state index contributed by atoms with van der Waals surface area (Å²) >= 11 is 14.7. The van der Waals surface area contributed by atoms with Crippen molar-refractivity contribution in [3.63, 3.8) is 0 Å². The van der Waals surface area contributed by atoms with Gasteiger partial charge >= 0.3 is 0 Å². The van der Waals surface area contributed by atoms with Gasteiger partial charge in [-0.15, -0.1) is 11.6 Å². The number of halogens is 3. The summed E-state index contributed by atoms with van der Waals surface area (Å²) in [7, 11) is 0. The number of ether oxygens (including phenoxy) is 2. The summed E-state index contributed by atoms with van der Waals surface area (Å²) in [6.45, 7) is 2.13. The molecule has 8 heteroatoms. The number of alkyl halides is 2. The van der Waals surface area contributed by atoms with Crippen molar-refractivity contribution >= 4 is 51.6 Å². The number of nitrogens with zero attached hydrogens (tertiary/aromatic N) is 1. The van der Waals surface area contributed by atoms with Gasteiger partial charge in [0.05, 0.1) is 25.0 Å². The monoisotopic (exact) mass is 433 g/mol. The lowest BCUT2D eigenvalue weighted by molar-refractivity contribution is -0.183. The van der Waals surface area contributed by atoms with E-state index in [1.165, 1.54) is 0 Å². The molecular formula is C12H14Cl2INO4. The smallest absolute Gasteiger partial charge is 0.237 e. The second-order valence-corrected chi connectivity index (χ2v) is 7.04. The van der Waals surface area contributed by atoms with E-state index in [1.54, 1.807) is 0 Å². The van der Waals surface area contributed by atoms with E-state index in [2.05, 4.69) is 22.6 Å². The van der Waals surface area contributed by atoms with Crippen LogP contribution in [0.1, 0.15) is 6.42 Å². The molecule has 0 unspecified atom stereocenters. The average Bonchev–Trinajstić information content (AvgIpc) is 2.78. The molecule has 0 radical (unpaired) electrons. The number of allylic oxidation sites excluding steroid dienone is 1. The van der Waals surface area contributed by atoms with Gasteiger partial charge in [-0.3, -0.25) is 4.79 Å². The van der Waals surface area contributed by atoms with Crippen LogP contribution in [0.25, 0.3) is 0 Å². The fourth-order valence-corrected chi connectivity index (χ4v) is 4.32. The molecule has 2 saturated heterocycles. The van der Waals surface area contributed by atoms with Crippen LogP contribution in [0.5, 0.6) is 0 Å². The molecule has 2 aliphatic heterocycles. The Morgan fingerprint density at radius 2 is 2.10 bits per heavy atom. The molecule has 0 aromatic carbocycles. The largest absolute Gasteiger partial charge is 0.378 e. The van der Waals surface area contributed by atoms with E-state index in [0.29, 0.717) is 36.4 Å². The molecule has 3 atom stereocenters. The Kier molecular flexibility index (Phi) is 4.01. The zero-order valence-electron chi connectivity index (χ0n) is 10.6. The van der Waals surface area contributed by atoms with Crippen LogP contribution in [0.15, 0.2) is 10.7 Å². The van der Waals surface area contributed by atoms with Gasteiger partial charge in [0.1, 0.15) is 5.03 Å². The summed E-state index contributed by atoms with van der Waals surface area (Å²) < 4.78 is 11.6. The minimum absolute atomic E-state index is 0.0173. The molecule has 0 aromatic heterocycles. The average molecular weight is 434 g/mol. The lowest BCUT2D eigenvalue weighted by Crippen LogP contribution is -2.53. The Bertz CT molecular complexity index is 482. The van der Waals surface area contributed by atoms with Gasteiger partial charge < -0.3 is 19.5 Å². The number of hydrogen-bond acceptors (Lipinski definition) is 5. The van der Waals surface area contributed by atoms with Crippen molar-refractivity contribution in [3.05, 3.63) is 10.7 Å². The summed E-state index contributed by atoms with van der Waals surface area (Å²) in [4.78, 5) is 12.7. The van der Waals surface area contributed by atoms with E-state index >= 15 is 0 Å². The number of fused-ring (bicyclic) bond motifs is 1. The fourth-order valence-electron chi connectivity index (χ4n) is 2.97. The maximum absolute atomic E-state index is 12.4. The molecule has 5 nitrogen and oxygen atoms in total. The van der Waals surface area contributed by atoms with Crippen molar-refractivity contribution in [2.75, 3.05) is 30.7 Å². The topological polar surface area (TPSA) is 59.0 Å². The summed E-state index contributed by atoms with van der Waals surface area (Å²) in [5.41, 5.74) is 0.301. The molecule has 0 bridgehead atoms. The highest BCUT2D eigenvalue weighted by Gasteiger charge is 2.71. The van der Waals surface area contributed by atoms with E-state index in [9.17, 15) is 9.90 Å². The number of aliphatic hydroxyl groups is 1. The van der Waals surface area contributed by atoms with Crippen LogP contribution in [-0.2, 0) is 14.3 Å². The van der Waals surface area contributed by atoms with E-state index in [0.717, 1.165) is 0 Å². The third kappa shape index (κ3) is 1.95. The lowest BCUT2D eigenvalue weighted by Gasteiger charge is -2.38. The van der Waals surface area contributed by atoms with Crippen molar-refractivity contribution in [2.24, 2.45) is 0 Å². The molecule has 2 fully saturated rings. The highest BCUT2D eigenvalue weighted by atomic mass is 127. The second-order valence-electron chi connectivity index (χ2n) is 5.13. The van der Waals surface area contributed by atoms with Crippen LogP contribution >= 0.6 is 45.8 Å². The quantitative estimate of drug-likeness (QED) is 0.524. The summed E-state index contributed by atoms with van der Waals surface area (Å²) in [6, 6.07) is 0. The maximum Gasteiger partial charge on any atom is 0.237 e. The van der Waals surface area contributed by atoms with Gasteiger partial charge in [0.2, 0.25) is 11.6 Å². The number of carbonyl (C=O) groups excluding carboxylic acids is 1. The first-order chi connectivity index (χ1) is 9.44. The molecular weight excluding hydrogens is 420 g/mol. The van der Waals surface area contributed by atoms with Gasteiger partial charge in [-0.05, 0) is 0 Å². The number of carbonyl (C=O) groups is 1. The first-order valence-electron chi connectivity index (χ1n) is 6.37. The van der Waals surface area contributed by atoms with E-state index in [4.69, 9.17) is 32.7 Å². The Morgan fingerprint density at radius 1 is 1.45 bits per heavy atom. The Hall–Kier alpha value is 0.400. The van der Waals surface area contributed by atoms with Crippen LogP contribution in [0.3, 0.4) is 0 Å². The SMILES string of the molecule is O=C1C(Cl)=C(N2CCOCC2)[C@]2(O)O[C@@H](CI)C[C@]12Cl. The molecule has 0 amide bonds. The van der Waals surface area contributed by atoms with E-state index < -0.39 is 16.4 Å². The predicted octanol–water partition coefficient (Wildman–Crippen LogP) is 1.24. The molecule has 0 saturated carbocycles. The molecule has 112 valence electrons. The van der Waals surface area contributed by atoms with Gasteiger partial charge in [0.15, 0.2) is 4.87 Å². The van der Waals surface area contributed by atoms with Crippen molar-refractivity contribution in [1.82, 2.24) is 4.90 Å². The molecule has 0 aromatic rings. The van der Waals surface area contributed by atoms with Crippen LogP contribution in [0.4, 0.5) is 0 Å². The third-order valence-electron chi connectivity index (χ3n) is 3.97. The van der Waals surface area contributed by atoms with Crippen LogP contribution in [-0.4, -0.2) is 63.3 Å². The Labute approximate surface area is 140 Å². The number of Topliss-reactive ketones (excluding diaryl/α,β-unsaturated/α-hetero) is 1. The second kappa shape index (κ2) is 5.24. The molecule has 2 heterocycles. The summed E-state index contributed by atoms with van der Waals surface area (Å²) in [5.74, 6) is -2.28. The number of morpholine rings is 1. The number of ketones is 1. The molecule has 0 spiro atoms. The van der Waals surface area contributed by atoms with Crippen LogP contribution < -0.4 is 0 Å². The fraction of sp³-hybridized carbons (Fsp3) is 0.750. The van der Waals surface area contributed by atoms with Crippen molar-refractivity contribution < 1.29 is 19.4 Å². The van der Waals surface area contributed by atoms with E-state index in [-0.39, 0.29) is 17.6 Å². The van der Waals surface area contributed by atoms with Gasteiger partial charge in [-0.25, -0.2) is 0 Å². The molecule has 3 aliphatic rings. The molecule has 1 N–H and O–H groups in total. The summed E-state index contributed by atoms with van der Waals surface area (Å²) in [6.07, 6.45) is -0.000441. The predicted molar refractivity (Wildman–Crippen MR) is 82.2 cm³/mol. The van der Waals surface area contributed by atoms with Crippen molar-refractivity contribution in [1.29, 1.82) is 0 Å². The normalized spacial score (nSPS) is 41.5. The number of rotatable bonds is 2. The summed E-state index contributed by atoms with van der Waals surface area (Å²) in [5, 5.41) is 10.9. The van der Waals surface area contributed by atoms with Crippen molar-refractivity contribution in [2.45, 2.75) is 23.2 Å². The van der Waals surface area contributed by atoms with Crippen LogP contribution in [0.2, 0.25) is 0 Å². The van der Waals surface area contributed by atoms with Gasteiger partial charge in [0.25, 0.3) is 0 Å². The zero-order valence-corrected chi connectivity index (χ0v) is 14.2. The minimum atomic E-state index is -1.84. The highest BCUT2D eigenvalue weighted by molar-refractivity contribution is 14.1. The lowest BCUT2D eigenvalue weighted by atomic mass is 9.95. The van der Waals surface area contributed by atoms with E-state index in [1.807, 2.05) is 4.90 Å². The third-order valence-corrected chi connectivity index (χ3v) is 5.89. The first kappa shape index (κ1) is 15.3. The molecule has 1 aliphatic carbocycles. The standard InChI is InChI=1S/C12H14Cl2INO4/c13-8-9(16-1-3-19-4-2-16)12(18)11(14,10(8)17)5-7(6-15)20-12/h7,18H,1-6H2/t7-,11+,12+/m1/s1. The van der Waals surface area contributed by atoms with Crippen molar-refractivity contribution in [3.8, 4) is 0 Å². The van der Waals surface area contributed by atoms with Crippen LogP contribution in [0, 0.1) is 0 Å². The molecule has 3 rings (SSSR count). The minimum Gasteiger partial charge on any atom is -0.378 e. The van der Waals surface area contributed by atoms with Gasteiger partial charge in [0, 0.05) is 23.9 Å².